The van der Waals surface area contributed by atoms with Crippen molar-refractivity contribution in [3.05, 3.63) is 53.1 Å². The minimum absolute atomic E-state index is 0.152. The number of carbonyl (C=O) groups is 1. The minimum Gasteiger partial charge on any atom is -0.497 e. The number of carbonyl (C=O) groups excluding carboxylic acids is 1. The van der Waals surface area contributed by atoms with E-state index >= 15 is 0 Å². The van der Waals surface area contributed by atoms with Crippen molar-refractivity contribution >= 4 is 21.6 Å². The molecule has 0 aliphatic carbocycles. The molecule has 2 aromatic rings. The fourth-order valence-corrected chi connectivity index (χ4v) is 4.65. The number of ether oxygens (including phenoxy) is 1. The van der Waals surface area contributed by atoms with Crippen molar-refractivity contribution in [2.75, 3.05) is 25.5 Å². The summed E-state index contributed by atoms with van der Waals surface area (Å²) in [6.07, 6.45) is 0.892. The summed E-state index contributed by atoms with van der Waals surface area (Å²) in [6, 6.07) is 10.8. The topological polar surface area (TPSA) is 75.7 Å². The van der Waals surface area contributed by atoms with Gasteiger partial charge in [0, 0.05) is 25.2 Å². The van der Waals surface area contributed by atoms with Gasteiger partial charge in [0.25, 0.3) is 0 Å². The molecule has 7 heteroatoms. The Morgan fingerprint density at radius 2 is 1.69 bits per heavy atom. The maximum atomic E-state index is 12.9. The van der Waals surface area contributed by atoms with Gasteiger partial charge in [0.15, 0.2) is 0 Å². The molecule has 2 rings (SSSR count). The van der Waals surface area contributed by atoms with Crippen LogP contribution in [0.1, 0.15) is 37.0 Å². The Hall–Kier alpha value is -2.38. The maximum absolute atomic E-state index is 12.9. The van der Waals surface area contributed by atoms with E-state index in [1.54, 1.807) is 19.2 Å². The van der Waals surface area contributed by atoms with E-state index in [9.17, 15) is 13.2 Å². The van der Waals surface area contributed by atoms with E-state index in [4.69, 9.17) is 4.74 Å². The molecule has 0 bridgehead atoms. The molecule has 2 aromatic carbocycles. The molecule has 0 aliphatic rings. The lowest BCUT2D eigenvalue weighted by atomic mass is 10.1. The molecule has 0 spiro atoms. The van der Waals surface area contributed by atoms with Crippen molar-refractivity contribution in [1.29, 1.82) is 0 Å². The van der Waals surface area contributed by atoms with Gasteiger partial charge in [0.1, 0.15) is 5.75 Å². The molecule has 1 N–H and O–H groups in total. The Morgan fingerprint density at radius 1 is 1.07 bits per heavy atom. The average molecular weight is 419 g/mol. The summed E-state index contributed by atoms with van der Waals surface area (Å²) in [5.41, 5.74) is 3.26. The first-order chi connectivity index (χ1) is 13.7. The summed E-state index contributed by atoms with van der Waals surface area (Å²) in [6.45, 7) is 8.14. The molecule has 0 aromatic heterocycles. The third-order valence-electron chi connectivity index (χ3n) is 5.06. The average Bonchev–Trinajstić information content (AvgIpc) is 2.70. The highest BCUT2D eigenvalue weighted by Crippen LogP contribution is 2.26. The van der Waals surface area contributed by atoms with Crippen LogP contribution in [0.25, 0.3) is 0 Å². The predicted octanol–water partition coefficient (Wildman–Crippen LogP) is 3.91. The van der Waals surface area contributed by atoms with Gasteiger partial charge in [-0.05, 0) is 61.2 Å². The smallest absolute Gasteiger partial charge is 0.243 e. The lowest BCUT2D eigenvalue weighted by Crippen LogP contribution is -2.30. The Morgan fingerprint density at radius 3 is 2.24 bits per heavy atom. The van der Waals surface area contributed by atoms with Gasteiger partial charge in [-0.25, -0.2) is 8.42 Å². The zero-order valence-electron chi connectivity index (χ0n) is 17.8. The normalized spacial score (nSPS) is 11.5. The summed E-state index contributed by atoms with van der Waals surface area (Å²) in [4.78, 5) is 12.7. The van der Waals surface area contributed by atoms with Gasteiger partial charge in [-0.1, -0.05) is 26.0 Å². The molecule has 1 amide bonds. The van der Waals surface area contributed by atoms with Crippen molar-refractivity contribution < 1.29 is 17.9 Å². The van der Waals surface area contributed by atoms with Crippen LogP contribution in [-0.4, -0.2) is 38.8 Å². The van der Waals surface area contributed by atoms with Gasteiger partial charge in [0.2, 0.25) is 15.9 Å². The molecule has 0 saturated heterocycles. The monoisotopic (exact) mass is 418 g/mol. The quantitative estimate of drug-likeness (QED) is 0.670. The first-order valence-electron chi connectivity index (χ1n) is 9.77. The first-order valence-corrected chi connectivity index (χ1v) is 11.2. The third kappa shape index (κ3) is 5.58. The SMILES string of the molecule is CCN(CC)S(=O)(=O)c1cc(C)c(C)c(NC(=O)CCc2ccc(OC)cc2)c1. The molecule has 0 atom stereocenters. The van der Waals surface area contributed by atoms with Crippen LogP contribution in [0.3, 0.4) is 0 Å². The molecule has 0 unspecified atom stereocenters. The predicted molar refractivity (Wildman–Crippen MR) is 116 cm³/mol. The summed E-state index contributed by atoms with van der Waals surface area (Å²) in [7, 11) is -1.98. The van der Waals surface area contributed by atoms with Crippen molar-refractivity contribution in [3.8, 4) is 5.75 Å². The van der Waals surface area contributed by atoms with E-state index in [0.29, 0.717) is 31.6 Å². The van der Waals surface area contributed by atoms with Crippen LogP contribution in [0.2, 0.25) is 0 Å². The van der Waals surface area contributed by atoms with Crippen LogP contribution in [0.4, 0.5) is 5.69 Å². The number of benzene rings is 2. The molecule has 158 valence electrons. The molecular formula is C22H30N2O4S. The highest BCUT2D eigenvalue weighted by Gasteiger charge is 2.23. The van der Waals surface area contributed by atoms with Gasteiger partial charge >= 0.3 is 0 Å². The number of hydrogen-bond acceptors (Lipinski definition) is 4. The molecule has 0 heterocycles. The molecule has 0 aliphatic heterocycles. The van der Waals surface area contributed by atoms with E-state index in [2.05, 4.69) is 5.32 Å². The first kappa shape index (κ1) is 22.9. The second-order valence-electron chi connectivity index (χ2n) is 6.90. The van der Waals surface area contributed by atoms with E-state index in [-0.39, 0.29) is 10.8 Å². The number of amides is 1. The van der Waals surface area contributed by atoms with Gasteiger partial charge in [-0.15, -0.1) is 0 Å². The zero-order chi connectivity index (χ0) is 21.6. The van der Waals surface area contributed by atoms with Gasteiger partial charge < -0.3 is 10.1 Å². The molecule has 6 nitrogen and oxygen atoms in total. The van der Waals surface area contributed by atoms with Gasteiger partial charge in [0.05, 0.1) is 12.0 Å². The number of sulfonamides is 1. The molecule has 29 heavy (non-hydrogen) atoms. The third-order valence-corrected chi connectivity index (χ3v) is 7.09. The lowest BCUT2D eigenvalue weighted by Gasteiger charge is -2.20. The van der Waals surface area contributed by atoms with Crippen molar-refractivity contribution in [3.63, 3.8) is 0 Å². The number of anilines is 1. The van der Waals surface area contributed by atoms with Gasteiger partial charge in [-0.2, -0.15) is 4.31 Å². The van der Waals surface area contributed by atoms with Crippen molar-refractivity contribution in [1.82, 2.24) is 4.31 Å². The number of methoxy groups -OCH3 is 1. The summed E-state index contributed by atoms with van der Waals surface area (Å²) < 4.78 is 32.3. The van der Waals surface area contributed by atoms with Crippen molar-refractivity contribution in [2.24, 2.45) is 0 Å². The van der Waals surface area contributed by atoms with E-state index in [1.165, 1.54) is 4.31 Å². The standard InChI is InChI=1S/C22H30N2O4S/c1-6-24(7-2)29(26,27)20-14-16(3)17(4)21(15-20)23-22(25)13-10-18-8-11-19(28-5)12-9-18/h8-9,11-12,14-15H,6-7,10,13H2,1-5H3,(H,23,25). The molecular weight excluding hydrogens is 388 g/mol. The fourth-order valence-electron chi connectivity index (χ4n) is 3.08. The Balaban J connectivity index is 2.16. The van der Waals surface area contributed by atoms with Crippen LogP contribution in [0.5, 0.6) is 5.75 Å². The number of nitrogens with zero attached hydrogens (tertiary/aromatic N) is 1. The van der Waals surface area contributed by atoms with Crippen molar-refractivity contribution in [2.45, 2.75) is 45.4 Å². The number of hydrogen-bond donors (Lipinski definition) is 1. The van der Waals surface area contributed by atoms with Crippen LogP contribution in [0.15, 0.2) is 41.3 Å². The largest absolute Gasteiger partial charge is 0.497 e. The van der Waals surface area contributed by atoms with E-state index < -0.39 is 10.0 Å². The lowest BCUT2D eigenvalue weighted by molar-refractivity contribution is -0.116. The summed E-state index contributed by atoms with van der Waals surface area (Å²) in [5.74, 6) is 0.622. The number of aryl methyl sites for hydroxylation is 2. The summed E-state index contributed by atoms with van der Waals surface area (Å²) in [5, 5.41) is 2.88. The fraction of sp³-hybridized carbons (Fsp3) is 0.409. The van der Waals surface area contributed by atoms with Crippen LogP contribution >= 0.6 is 0 Å². The molecule has 0 radical (unpaired) electrons. The highest BCUT2D eigenvalue weighted by atomic mass is 32.2. The zero-order valence-corrected chi connectivity index (χ0v) is 18.6. The summed E-state index contributed by atoms with van der Waals surface area (Å²) >= 11 is 0. The maximum Gasteiger partial charge on any atom is 0.243 e. The highest BCUT2D eigenvalue weighted by molar-refractivity contribution is 7.89. The Kier molecular flexibility index (Phi) is 7.81. The van der Waals surface area contributed by atoms with Crippen LogP contribution in [0, 0.1) is 13.8 Å². The van der Waals surface area contributed by atoms with Gasteiger partial charge in [-0.3, -0.25) is 4.79 Å². The Labute approximate surface area is 173 Å². The number of rotatable bonds is 9. The second-order valence-corrected chi connectivity index (χ2v) is 8.84. The van der Waals surface area contributed by atoms with Crippen LogP contribution < -0.4 is 10.1 Å². The Bertz CT molecular complexity index is 950. The molecule has 0 saturated carbocycles. The second kappa shape index (κ2) is 9.89. The molecule has 0 fully saturated rings. The van der Waals surface area contributed by atoms with E-state index in [0.717, 1.165) is 22.4 Å². The number of nitrogens with one attached hydrogen (secondary N) is 1. The van der Waals surface area contributed by atoms with Crippen LogP contribution in [-0.2, 0) is 21.2 Å². The minimum atomic E-state index is -3.59. The van der Waals surface area contributed by atoms with E-state index in [1.807, 2.05) is 52.0 Å².